The van der Waals surface area contributed by atoms with Crippen LogP contribution in [0.2, 0.25) is 0 Å². The first-order valence-electron chi connectivity index (χ1n) is 6.32. The highest BCUT2D eigenvalue weighted by Crippen LogP contribution is 2.24. The van der Waals surface area contributed by atoms with Gasteiger partial charge in [0.15, 0.2) is 11.6 Å². The summed E-state index contributed by atoms with van der Waals surface area (Å²) in [4.78, 5) is 1.29. The van der Waals surface area contributed by atoms with Crippen LogP contribution in [0.25, 0.3) is 0 Å². The molecule has 0 fully saturated rings. The molecule has 2 rings (SSSR count). The molecule has 0 aliphatic heterocycles. The van der Waals surface area contributed by atoms with Crippen molar-refractivity contribution < 1.29 is 8.78 Å². The van der Waals surface area contributed by atoms with Crippen molar-refractivity contribution in [3.8, 4) is 0 Å². The number of hydrogen-bond donors (Lipinski definition) is 1. The summed E-state index contributed by atoms with van der Waals surface area (Å²) in [5.41, 5.74) is 6.54. The molecule has 102 valence electrons. The smallest absolute Gasteiger partial charge is 0.163 e. The highest BCUT2D eigenvalue weighted by atomic mass is 32.1. The average Bonchev–Trinajstić information content (AvgIpc) is 2.89. The van der Waals surface area contributed by atoms with Crippen molar-refractivity contribution in [2.75, 3.05) is 0 Å². The maximum Gasteiger partial charge on any atom is 0.163 e. The minimum absolute atomic E-state index is 0.272. The van der Waals surface area contributed by atoms with Gasteiger partial charge in [0.1, 0.15) is 0 Å². The Morgan fingerprint density at radius 1 is 1.21 bits per heavy atom. The Kier molecular flexibility index (Phi) is 4.66. The van der Waals surface area contributed by atoms with Gasteiger partial charge >= 0.3 is 0 Å². The molecular formula is C15H17F2NS. The molecule has 1 aromatic carbocycles. The molecule has 0 aliphatic rings. The van der Waals surface area contributed by atoms with E-state index in [-0.39, 0.29) is 5.56 Å². The zero-order valence-electron chi connectivity index (χ0n) is 10.8. The quantitative estimate of drug-likeness (QED) is 0.866. The van der Waals surface area contributed by atoms with Crippen molar-refractivity contribution >= 4 is 11.3 Å². The van der Waals surface area contributed by atoms with E-state index in [9.17, 15) is 8.78 Å². The minimum atomic E-state index is -0.802. The van der Waals surface area contributed by atoms with E-state index in [1.165, 1.54) is 4.88 Å². The first-order chi connectivity index (χ1) is 9.09. The Labute approximate surface area is 116 Å². The average molecular weight is 281 g/mol. The third-order valence-electron chi connectivity index (χ3n) is 3.22. The van der Waals surface area contributed by atoms with Crippen molar-refractivity contribution in [1.29, 1.82) is 0 Å². The molecule has 1 atom stereocenters. The Bertz CT molecular complexity index is 537. The van der Waals surface area contributed by atoms with E-state index in [2.05, 4.69) is 6.07 Å². The van der Waals surface area contributed by atoms with Gasteiger partial charge in [0.2, 0.25) is 0 Å². The third-order valence-corrected chi connectivity index (χ3v) is 4.16. The van der Waals surface area contributed by atoms with Gasteiger partial charge in [0.25, 0.3) is 0 Å². The van der Waals surface area contributed by atoms with Gasteiger partial charge in [0.05, 0.1) is 0 Å². The highest BCUT2D eigenvalue weighted by molar-refractivity contribution is 7.09. The van der Waals surface area contributed by atoms with Crippen molar-refractivity contribution in [3.63, 3.8) is 0 Å². The van der Waals surface area contributed by atoms with Crippen LogP contribution in [0.5, 0.6) is 0 Å². The van der Waals surface area contributed by atoms with Crippen LogP contribution in [0, 0.1) is 18.6 Å². The molecule has 1 unspecified atom stereocenters. The van der Waals surface area contributed by atoms with E-state index >= 15 is 0 Å². The number of aryl methyl sites for hydroxylation is 2. The summed E-state index contributed by atoms with van der Waals surface area (Å²) in [5, 5.41) is 2.03. The van der Waals surface area contributed by atoms with E-state index in [0.717, 1.165) is 12.8 Å². The Morgan fingerprint density at radius 2 is 2.00 bits per heavy atom. The monoisotopic (exact) mass is 281 g/mol. The Balaban J connectivity index is 1.96. The van der Waals surface area contributed by atoms with Gasteiger partial charge in [-0.05, 0) is 43.2 Å². The van der Waals surface area contributed by atoms with Crippen molar-refractivity contribution in [2.45, 2.75) is 32.2 Å². The SMILES string of the molecule is Cc1ccc(C(N)CCCc2cccs2)c(F)c1F. The number of halogens is 2. The predicted octanol–water partition coefficient (Wildman–Crippen LogP) is 4.36. The lowest BCUT2D eigenvalue weighted by atomic mass is 9.99. The van der Waals surface area contributed by atoms with Gasteiger partial charge in [-0.3, -0.25) is 0 Å². The summed E-state index contributed by atoms with van der Waals surface area (Å²) in [5.74, 6) is -1.59. The Hall–Kier alpha value is -1.26. The van der Waals surface area contributed by atoms with Crippen LogP contribution in [0.1, 0.15) is 34.9 Å². The molecule has 0 radical (unpaired) electrons. The second-order valence-corrected chi connectivity index (χ2v) is 5.71. The van der Waals surface area contributed by atoms with Gasteiger partial charge in [-0.15, -0.1) is 11.3 Å². The lowest BCUT2D eigenvalue weighted by molar-refractivity contribution is 0.476. The number of benzene rings is 1. The van der Waals surface area contributed by atoms with E-state index in [0.29, 0.717) is 12.0 Å². The molecule has 0 saturated carbocycles. The Morgan fingerprint density at radius 3 is 2.68 bits per heavy atom. The number of rotatable bonds is 5. The van der Waals surface area contributed by atoms with Crippen LogP contribution >= 0.6 is 11.3 Å². The van der Waals surface area contributed by atoms with E-state index in [1.54, 1.807) is 30.4 Å². The fourth-order valence-corrected chi connectivity index (χ4v) is 2.81. The zero-order valence-corrected chi connectivity index (χ0v) is 11.6. The molecule has 0 amide bonds. The molecule has 2 N–H and O–H groups in total. The van der Waals surface area contributed by atoms with Crippen LogP contribution in [0.3, 0.4) is 0 Å². The van der Waals surface area contributed by atoms with Crippen molar-refractivity contribution in [1.82, 2.24) is 0 Å². The van der Waals surface area contributed by atoms with Crippen LogP contribution in [0.4, 0.5) is 8.78 Å². The molecule has 0 saturated heterocycles. The summed E-state index contributed by atoms with van der Waals surface area (Å²) in [6.45, 7) is 1.55. The lowest BCUT2D eigenvalue weighted by Gasteiger charge is -2.13. The summed E-state index contributed by atoms with van der Waals surface area (Å²) in [7, 11) is 0. The van der Waals surface area contributed by atoms with Crippen molar-refractivity contribution in [3.05, 3.63) is 57.3 Å². The van der Waals surface area contributed by atoms with Crippen LogP contribution in [-0.4, -0.2) is 0 Å². The molecule has 1 aromatic heterocycles. The van der Waals surface area contributed by atoms with Crippen molar-refractivity contribution in [2.24, 2.45) is 5.73 Å². The molecule has 0 aliphatic carbocycles. The molecule has 1 heterocycles. The summed E-state index contributed by atoms with van der Waals surface area (Å²) < 4.78 is 27.2. The van der Waals surface area contributed by atoms with Crippen LogP contribution in [0.15, 0.2) is 29.6 Å². The molecule has 19 heavy (non-hydrogen) atoms. The zero-order chi connectivity index (χ0) is 13.8. The molecular weight excluding hydrogens is 264 g/mol. The normalized spacial score (nSPS) is 12.6. The molecule has 2 aromatic rings. The highest BCUT2D eigenvalue weighted by Gasteiger charge is 2.16. The molecule has 4 heteroatoms. The molecule has 0 spiro atoms. The number of hydrogen-bond acceptors (Lipinski definition) is 2. The largest absolute Gasteiger partial charge is 0.324 e. The van der Waals surface area contributed by atoms with Crippen LogP contribution < -0.4 is 5.73 Å². The summed E-state index contributed by atoms with van der Waals surface area (Å²) >= 11 is 1.70. The number of nitrogens with two attached hydrogens (primary N) is 1. The first kappa shape index (κ1) is 14.2. The fourth-order valence-electron chi connectivity index (χ4n) is 2.05. The molecule has 1 nitrogen and oxygen atoms in total. The third kappa shape index (κ3) is 3.39. The van der Waals surface area contributed by atoms with Gasteiger partial charge in [0, 0.05) is 16.5 Å². The maximum atomic E-state index is 13.8. The van der Waals surface area contributed by atoms with E-state index in [1.807, 2.05) is 11.4 Å². The topological polar surface area (TPSA) is 26.0 Å². The van der Waals surface area contributed by atoms with E-state index in [4.69, 9.17) is 5.73 Å². The second-order valence-electron chi connectivity index (χ2n) is 4.68. The van der Waals surface area contributed by atoms with Crippen LogP contribution in [-0.2, 0) is 6.42 Å². The standard InChI is InChI=1S/C15H17F2NS/c1-10-7-8-12(15(17)14(10)16)13(18)6-2-4-11-5-3-9-19-11/h3,5,7-9,13H,2,4,6,18H2,1H3. The van der Waals surface area contributed by atoms with Gasteiger partial charge in [-0.25, -0.2) is 8.78 Å². The predicted molar refractivity (Wildman–Crippen MR) is 75.3 cm³/mol. The fraction of sp³-hybridized carbons (Fsp3) is 0.333. The molecule has 0 bridgehead atoms. The first-order valence-corrected chi connectivity index (χ1v) is 7.20. The second kappa shape index (κ2) is 6.26. The van der Waals surface area contributed by atoms with Gasteiger partial charge < -0.3 is 5.73 Å². The lowest BCUT2D eigenvalue weighted by Crippen LogP contribution is -2.13. The van der Waals surface area contributed by atoms with Gasteiger partial charge in [-0.1, -0.05) is 18.2 Å². The summed E-state index contributed by atoms with van der Waals surface area (Å²) in [6.07, 6.45) is 2.45. The van der Waals surface area contributed by atoms with Gasteiger partial charge in [-0.2, -0.15) is 0 Å². The summed E-state index contributed by atoms with van der Waals surface area (Å²) in [6, 6.07) is 6.79. The maximum absolute atomic E-state index is 13.8. The minimum Gasteiger partial charge on any atom is -0.324 e. The van der Waals surface area contributed by atoms with E-state index < -0.39 is 17.7 Å². The number of thiophene rings is 1.